The van der Waals surface area contributed by atoms with E-state index >= 15 is 0 Å². The Bertz CT molecular complexity index is 405. The number of carbonyl (C=O) groups is 1. The summed E-state index contributed by atoms with van der Waals surface area (Å²) in [7, 11) is 0. The molecule has 3 unspecified atom stereocenters. The molecular formula is C15H24F2N2O. The van der Waals surface area contributed by atoms with Crippen LogP contribution in [0.2, 0.25) is 0 Å². The SMILES string of the molecule is CC(C)(C)N1CC2CCC(C1)N2C(=O)CC1CC1(F)F. The second-order valence-electron chi connectivity index (χ2n) is 7.63. The van der Waals surface area contributed by atoms with Crippen LogP contribution in [0.3, 0.4) is 0 Å². The molecule has 0 radical (unpaired) electrons. The van der Waals surface area contributed by atoms with Gasteiger partial charge < -0.3 is 4.90 Å². The average molecular weight is 286 g/mol. The molecular weight excluding hydrogens is 262 g/mol. The van der Waals surface area contributed by atoms with Crippen LogP contribution in [0.25, 0.3) is 0 Å². The van der Waals surface area contributed by atoms with Crippen molar-refractivity contribution in [3.05, 3.63) is 0 Å². The van der Waals surface area contributed by atoms with E-state index in [0.717, 1.165) is 25.9 Å². The maximum absolute atomic E-state index is 13.0. The Morgan fingerprint density at radius 3 is 2.10 bits per heavy atom. The van der Waals surface area contributed by atoms with Gasteiger partial charge in [0.05, 0.1) is 0 Å². The van der Waals surface area contributed by atoms with E-state index in [-0.39, 0.29) is 36.4 Å². The van der Waals surface area contributed by atoms with E-state index in [1.165, 1.54) is 0 Å². The molecule has 3 fully saturated rings. The summed E-state index contributed by atoms with van der Waals surface area (Å²) in [5.74, 6) is -3.33. The van der Waals surface area contributed by atoms with Gasteiger partial charge in [-0.3, -0.25) is 9.69 Å². The monoisotopic (exact) mass is 286 g/mol. The van der Waals surface area contributed by atoms with E-state index in [2.05, 4.69) is 25.7 Å². The van der Waals surface area contributed by atoms with Crippen LogP contribution in [0.4, 0.5) is 8.78 Å². The average Bonchev–Trinajstić information content (AvgIpc) is 2.81. The van der Waals surface area contributed by atoms with Crippen molar-refractivity contribution < 1.29 is 13.6 Å². The number of hydrogen-bond donors (Lipinski definition) is 0. The molecule has 0 aromatic carbocycles. The molecule has 3 atom stereocenters. The molecule has 5 heteroatoms. The Hall–Kier alpha value is -0.710. The number of piperazine rings is 1. The van der Waals surface area contributed by atoms with E-state index < -0.39 is 11.8 Å². The number of nitrogens with zero attached hydrogens (tertiary/aromatic N) is 2. The molecule has 2 aliphatic heterocycles. The highest BCUT2D eigenvalue weighted by atomic mass is 19.3. The second kappa shape index (κ2) is 4.39. The molecule has 0 aromatic heterocycles. The van der Waals surface area contributed by atoms with Gasteiger partial charge >= 0.3 is 0 Å². The smallest absolute Gasteiger partial charge is 0.252 e. The molecule has 20 heavy (non-hydrogen) atoms. The van der Waals surface area contributed by atoms with Gasteiger partial charge in [0.2, 0.25) is 5.91 Å². The van der Waals surface area contributed by atoms with Crippen molar-refractivity contribution in [2.75, 3.05) is 13.1 Å². The normalized spacial score (nSPS) is 36.2. The van der Waals surface area contributed by atoms with Crippen LogP contribution in [0, 0.1) is 5.92 Å². The third kappa shape index (κ3) is 2.45. The van der Waals surface area contributed by atoms with Gasteiger partial charge in [-0.15, -0.1) is 0 Å². The standard InChI is InChI=1S/C15H24F2N2O/c1-14(2,3)18-8-11-4-5-12(9-18)19(11)13(20)6-10-7-15(10,16)17/h10-12H,4-9H2,1-3H3. The predicted octanol–water partition coefficient (Wildman–Crippen LogP) is 2.51. The summed E-state index contributed by atoms with van der Waals surface area (Å²) in [5.41, 5.74) is 0.111. The first-order valence-electron chi connectivity index (χ1n) is 7.62. The molecule has 114 valence electrons. The molecule has 2 heterocycles. The van der Waals surface area contributed by atoms with Crippen LogP contribution < -0.4 is 0 Å². The fourth-order valence-corrected chi connectivity index (χ4v) is 3.67. The lowest BCUT2D eigenvalue weighted by Crippen LogP contribution is -2.60. The topological polar surface area (TPSA) is 23.6 Å². The van der Waals surface area contributed by atoms with Gasteiger partial charge in [0, 0.05) is 49.5 Å². The summed E-state index contributed by atoms with van der Waals surface area (Å²) in [5, 5.41) is 0. The molecule has 0 aromatic rings. The summed E-state index contributed by atoms with van der Waals surface area (Å²) >= 11 is 0. The Morgan fingerprint density at radius 1 is 1.20 bits per heavy atom. The van der Waals surface area contributed by atoms with Crippen LogP contribution in [-0.2, 0) is 4.79 Å². The number of rotatable bonds is 2. The Kier molecular flexibility index (Phi) is 3.13. The van der Waals surface area contributed by atoms with E-state index in [1.54, 1.807) is 0 Å². The second-order valence-corrected chi connectivity index (χ2v) is 7.63. The van der Waals surface area contributed by atoms with Gasteiger partial charge in [-0.25, -0.2) is 8.78 Å². The number of hydrogen-bond acceptors (Lipinski definition) is 2. The number of amides is 1. The van der Waals surface area contributed by atoms with Gasteiger partial charge in [0.1, 0.15) is 0 Å². The summed E-state index contributed by atoms with van der Waals surface area (Å²) in [6, 6.07) is 0.459. The fraction of sp³-hybridized carbons (Fsp3) is 0.933. The van der Waals surface area contributed by atoms with Crippen molar-refractivity contribution in [2.24, 2.45) is 5.92 Å². The van der Waals surface area contributed by atoms with Crippen molar-refractivity contribution in [3.8, 4) is 0 Å². The van der Waals surface area contributed by atoms with Gasteiger partial charge in [-0.1, -0.05) is 0 Å². The van der Waals surface area contributed by atoms with E-state index in [1.807, 2.05) is 4.90 Å². The zero-order valence-corrected chi connectivity index (χ0v) is 12.5. The Morgan fingerprint density at radius 2 is 1.70 bits per heavy atom. The van der Waals surface area contributed by atoms with Gasteiger partial charge in [0.25, 0.3) is 5.92 Å². The highest BCUT2D eigenvalue weighted by molar-refractivity contribution is 5.78. The lowest BCUT2D eigenvalue weighted by atomic mass is 10.0. The van der Waals surface area contributed by atoms with E-state index in [4.69, 9.17) is 0 Å². The van der Waals surface area contributed by atoms with Crippen LogP contribution in [-0.4, -0.2) is 52.3 Å². The van der Waals surface area contributed by atoms with Crippen molar-refractivity contribution in [1.82, 2.24) is 9.80 Å². The molecule has 3 rings (SSSR count). The summed E-state index contributed by atoms with van der Waals surface area (Å²) in [4.78, 5) is 16.7. The van der Waals surface area contributed by atoms with Crippen molar-refractivity contribution >= 4 is 5.91 Å². The van der Waals surface area contributed by atoms with Crippen LogP contribution in [0.15, 0.2) is 0 Å². The first-order chi connectivity index (χ1) is 9.18. The maximum atomic E-state index is 13.0. The number of carbonyl (C=O) groups excluding carboxylic acids is 1. The quantitative estimate of drug-likeness (QED) is 0.778. The Balaban J connectivity index is 1.64. The van der Waals surface area contributed by atoms with Gasteiger partial charge in [-0.2, -0.15) is 0 Å². The van der Waals surface area contributed by atoms with Crippen molar-refractivity contribution in [2.45, 2.75) is 70.0 Å². The molecule has 2 saturated heterocycles. The minimum atomic E-state index is -2.58. The Labute approximate surface area is 119 Å². The highest BCUT2D eigenvalue weighted by Crippen LogP contribution is 2.51. The molecule has 3 nitrogen and oxygen atoms in total. The van der Waals surface area contributed by atoms with Crippen LogP contribution >= 0.6 is 0 Å². The number of alkyl halides is 2. The first-order valence-corrected chi connectivity index (χ1v) is 7.62. The summed E-state index contributed by atoms with van der Waals surface area (Å²) in [6.07, 6.45) is 1.97. The predicted molar refractivity (Wildman–Crippen MR) is 72.7 cm³/mol. The third-order valence-electron chi connectivity index (χ3n) is 5.10. The summed E-state index contributed by atoms with van der Waals surface area (Å²) in [6.45, 7) is 8.33. The largest absolute Gasteiger partial charge is 0.334 e. The molecule has 3 aliphatic rings. The van der Waals surface area contributed by atoms with E-state index in [9.17, 15) is 13.6 Å². The molecule has 1 amide bonds. The number of halogens is 2. The summed E-state index contributed by atoms with van der Waals surface area (Å²) < 4.78 is 25.9. The number of likely N-dealkylation sites (tertiary alicyclic amines) is 1. The zero-order chi connectivity index (χ0) is 14.7. The minimum Gasteiger partial charge on any atom is -0.334 e. The fourth-order valence-electron chi connectivity index (χ4n) is 3.67. The molecule has 0 spiro atoms. The molecule has 0 N–H and O–H groups in total. The van der Waals surface area contributed by atoms with Crippen molar-refractivity contribution in [3.63, 3.8) is 0 Å². The van der Waals surface area contributed by atoms with Gasteiger partial charge in [-0.05, 0) is 33.6 Å². The third-order valence-corrected chi connectivity index (χ3v) is 5.10. The number of fused-ring (bicyclic) bond motifs is 2. The zero-order valence-electron chi connectivity index (χ0n) is 12.5. The minimum absolute atomic E-state index is 0.0372. The maximum Gasteiger partial charge on any atom is 0.252 e. The highest BCUT2D eigenvalue weighted by Gasteiger charge is 2.58. The van der Waals surface area contributed by atoms with Crippen molar-refractivity contribution in [1.29, 1.82) is 0 Å². The van der Waals surface area contributed by atoms with E-state index in [0.29, 0.717) is 0 Å². The lowest BCUT2D eigenvalue weighted by molar-refractivity contribution is -0.139. The molecule has 1 aliphatic carbocycles. The van der Waals surface area contributed by atoms with Gasteiger partial charge in [0.15, 0.2) is 0 Å². The van der Waals surface area contributed by atoms with Crippen LogP contribution in [0.5, 0.6) is 0 Å². The first kappa shape index (κ1) is 14.2. The van der Waals surface area contributed by atoms with Crippen LogP contribution in [0.1, 0.15) is 46.5 Å². The molecule has 2 bridgehead atoms. The molecule has 1 saturated carbocycles. The lowest BCUT2D eigenvalue weighted by Gasteiger charge is -2.46.